The van der Waals surface area contributed by atoms with Crippen molar-refractivity contribution in [3.8, 4) is 0 Å². The number of hydrogen-bond donors (Lipinski definition) is 1. The third kappa shape index (κ3) is 1.41. The molecule has 0 radical (unpaired) electrons. The number of hydrogen-bond acceptors (Lipinski definition) is 1. The van der Waals surface area contributed by atoms with Crippen LogP contribution in [0.25, 0.3) is 0 Å². The van der Waals surface area contributed by atoms with E-state index >= 15 is 0 Å². The maximum atomic E-state index is 11.4. The van der Waals surface area contributed by atoms with Gasteiger partial charge in [0.25, 0.3) is 0 Å². The minimum Gasteiger partial charge on any atom is -0.369 e. The molecule has 0 aromatic carbocycles. The summed E-state index contributed by atoms with van der Waals surface area (Å²) in [5.74, 6) is 0.408. The SMILES string of the molecule is CC1(C)[C@H](CBr)CC[C@]1(C)C(N)=O. The minimum atomic E-state index is -0.328. The van der Waals surface area contributed by atoms with Gasteiger partial charge in [0, 0.05) is 5.33 Å². The molecule has 1 saturated carbocycles. The lowest BCUT2D eigenvalue weighted by molar-refractivity contribution is -0.132. The highest BCUT2D eigenvalue weighted by atomic mass is 79.9. The molecule has 1 aliphatic carbocycles. The molecular formula is C10H18BrNO. The van der Waals surface area contributed by atoms with Crippen LogP contribution in [0.1, 0.15) is 33.6 Å². The number of halogens is 1. The second-order valence-electron chi connectivity index (χ2n) is 4.81. The molecule has 0 heterocycles. The van der Waals surface area contributed by atoms with Crippen LogP contribution >= 0.6 is 15.9 Å². The largest absolute Gasteiger partial charge is 0.369 e. The van der Waals surface area contributed by atoms with Gasteiger partial charge in [0.15, 0.2) is 0 Å². The number of nitrogens with two attached hydrogens (primary N) is 1. The van der Waals surface area contributed by atoms with Crippen LogP contribution in [0.5, 0.6) is 0 Å². The standard InChI is InChI=1S/C10H18BrNO/c1-9(2)7(6-11)4-5-10(9,3)8(12)13/h7H,4-6H2,1-3H3,(H2,12,13)/t7-,10+/m0/s1. The first-order valence-corrected chi connectivity index (χ1v) is 5.84. The molecule has 0 spiro atoms. The number of amides is 1. The fourth-order valence-corrected chi connectivity index (χ4v) is 3.44. The first kappa shape index (κ1) is 11.0. The summed E-state index contributed by atoms with van der Waals surface area (Å²) < 4.78 is 0. The van der Waals surface area contributed by atoms with E-state index in [9.17, 15) is 4.79 Å². The molecule has 2 atom stereocenters. The molecule has 1 aliphatic rings. The Morgan fingerprint density at radius 1 is 1.54 bits per heavy atom. The van der Waals surface area contributed by atoms with Gasteiger partial charge in [0.1, 0.15) is 0 Å². The summed E-state index contributed by atoms with van der Waals surface area (Å²) in [4.78, 5) is 11.4. The predicted molar refractivity (Wildman–Crippen MR) is 57.6 cm³/mol. The highest BCUT2D eigenvalue weighted by molar-refractivity contribution is 9.09. The molecule has 0 aromatic heterocycles. The fraction of sp³-hybridized carbons (Fsp3) is 0.900. The van der Waals surface area contributed by atoms with Gasteiger partial charge in [-0.15, -0.1) is 0 Å². The van der Waals surface area contributed by atoms with Crippen LogP contribution in [-0.4, -0.2) is 11.2 Å². The van der Waals surface area contributed by atoms with Crippen molar-refractivity contribution in [2.75, 3.05) is 5.33 Å². The van der Waals surface area contributed by atoms with Gasteiger partial charge in [-0.1, -0.05) is 36.7 Å². The molecular weight excluding hydrogens is 230 g/mol. The Morgan fingerprint density at radius 2 is 2.08 bits per heavy atom. The lowest BCUT2D eigenvalue weighted by Crippen LogP contribution is -2.44. The van der Waals surface area contributed by atoms with E-state index in [4.69, 9.17) is 5.73 Å². The molecule has 0 aromatic rings. The average molecular weight is 248 g/mol. The van der Waals surface area contributed by atoms with Crippen LogP contribution in [0.4, 0.5) is 0 Å². The topological polar surface area (TPSA) is 43.1 Å². The van der Waals surface area contributed by atoms with Crippen molar-refractivity contribution in [1.29, 1.82) is 0 Å². The predicted octanol–water partition coefficient (Wildman–Crippen LogP) is 2.31. The second kappa shape index (κ2) is 3.26. The first-order valence-electron chi connectivity index (χ1n) is 4.72. The zero-order chi connectivity index (χ0) is 10.3. The van der Waals surface area contributed by atoms with Crippen molar-refractivity contribution in [3.63, 3.8) is 0 Å². The van der Waals surface area contributed by atoms with Crippen molar-refractivity contribution in [2.45, 2.75) is 33.6 Å². The third-order valence-corrected chi connectivity index (χ3v) is 4.95. The van der Waals surface area contributed by atoms with Crippen LogP contribution in [-0.2, 0) is 4.79 Å². The van der Waals surface area contributed by atoms with Crippen molar-refractivity contribution in [2.24, 2.45) is 22.5 Å². The fourth-order valence-electron chi connectivity index (χ4n) is 2.31. The number of rotatable bonds is 2. The summed E-state index contributed by atoms with van der Waals surface area (Å²) in [5.41, 5.74) is 5.16. The van der Waals surface area contributed by atoms with Crippen LogP contribution < -0.4 is 5.73 Å². The lowest BCUT2D eigenvalue weighted by atomic mass is 9.66. The van der Waals surface area contributed by atoms with E-state index in [1.807, 2.05) is 6.92 Å². The molecule has 1 amide bonds. The smallest absolute Gasteiger partial charge is 0.223 e. The third-order valence-electron chi connectivity index (χ3n) is 4.17. The van der Waals surface area contributed by atoms with E-state index < -0.39 is 0 Å². The highest BCUT2D eigenvalue weighted by Crippen LogP contribution is 2.56. The zero-order valence-electron chi connectivity index (χ0n) is 8.56. The van der Waals surface area contributed by atoms with Crippen molar-refractivity contribution >= 4 is 21.8 Å². The Balaban J connectivity index is 2.99. The first-order chi connectivity index (χ1) is 5.86. The maximum Gasteiger partial charge on any atom is 0.223 e. The summed E-state index contributed by atoms with van der Waals surface area (Å²) in [6.45, 7) is 6.30. The van der Waals surface area contributed by atoms with Gasteiger partial charge in [0.2, 0.25) is 5.91 Å². The van der Waals surface area contributed by atoms with Gasteiger partial charge in [0.05, 0.1) is 5.41 Å². The zero-order valence-corrected chi connectivity index (χ0v) is 10.1. The lowest BCUT2D eigenvalue weighted by Gasteiger charge is -2.38. The normalized spacial score (nSPS) is 37.7. The van der Waals surface area contributed by atoms with Crippen molar-refractivity contribution < 1.29 is 4.79 Å². The Morgan fingerprint density at radius 3 is 2.31 bits per heavy atom. The Hall–Kier alpha value is -0.0500. The van der Waals surface area contributed by atoms with Gasteiger partial charge >= 0.3 is 0 Å². The summed E-state index contributed by atoms with van der Waals surface area (Å²) in [6, 6.07) is 0. The summed E-state index contributed by atoms with van der Waals surface area (Å²) in [6.07, 6.45) is 2.02. The molecule has 0 unspecified atom stereocenters. The molecule has 1 rings (SSSR count). The van der Waals surface area contributed by atoms with E-state index in [1.165, 1.54) is 0 Å². The van der Waals surface area contributed by atoms with Crippen LogP contribution in [0, 0.1) is 16.7 Å². The van der Waals surface area contributed by atoms with Crippen LogP contribution in [0.3, 0.4) is 0 Å². The molecule has 0 bridgehead atoms. The quantitative estimate of drug-likeness (QED) is 0.748. The Bertz CT molecular complexity index is 227. The molecule has 13 heavy (non-hydrogen) atoms. The minimum absolute atomic E-state index is 0.0162. The second-order valence-corrected chi connectivity index (χ2v) is 5.46. The molecule has 2 nitrogen and oxygen atoms in total. The number of primary amides is 1. The van der Waals surface area contributed by atoms with Gasteiger partial charge < -0.3 is 5.73 Å². The molecule has 0 aliphatic heterocycles. The van der Waals surface area contributed by atoms with E-state index in [2.05, 4.69) is 29.8 Å². The highest BCUT2D eigenvalue weighted by Gasteiger charge is 2.54. The number of carbonyl (C=O) groups excluding carboxylic acids is 1. The molecule has 2 N–H and O–H groups in total. The monoisotopic (exact) mass is 247 g/mol. The van der Waals surface area contributed by atoms with Crippen molar-refractivity contribution in [3.05, 3.63) is 0 Å². The Kier molecular flexibility index (Phi) is 2.77. The van der Waals surface area contributed by atoms with E-state index in [0.29, 0.717) is 5.92 Å². The van der Waals surface area contributed by atoms with Crippen LogP contribution in [0.15, 0.2) is 0 Å². The molecule has 1 fully saturated rings. The van der Waals surface area contributed by atoms with E-state index in [1.54, 1.807) is 0 Å². The Labute approximate surface area is 88.4 Å². The number of carbonyl (C=O) groups is 1. The van der Waals surface area contributed by atoms with Gasteiger partial charge in [-0.25, -0.2) is 0 Å². The summed E-state index contributed by atoms with van der Waals surface area (Å²) in [7, 11) is 0. The van der Waals surface area contributed by atoms with E-state index in [0.717, 1.165) is 18.2 Å². The summed E-state index contributed by atoms with van der Waals surface area (Å²) in [5, 5.41) is 0.961. The van der Waals surface area contributed by atoms with Gasteiger partial charge in [-0.3, -0.25) is 4.79 Å². The number of alkyl halides is 1. The van der Waals surface area contributed by atoms with Crippen LogP contribution in [0.2, 0.25) is 0 Å². The van der Waals surface area contributed by atoms with Gasteiger partial charge in [-0.05, 0) is 24.2 Å². The van der Waals surface area contributed by atoms with Gasteiger partial charge in [-0.2, -0.15) is 0 Å². The molecule has 76 valence electrons. The van der Waals surface area contributed by atoms with E-state index in [-0.39, 0.29) is 16.7 Å². The maximum absolute atomic E-state index is 11.4. The molecule has 0 saturated heterocycles. The van der Waals surface area contributed by atoms with Crippen molar-refractivity contribution in [1.82, 2.24) is 0 Å². The average Bonchev–Trinajstić information content (AvgIpc) is 2.25. The summed E-state index contributed by atoms with van der Waals surface area (Å²) >= 11 is 3.50. The molecule has 3 heteroatoms.